The summed E-state index contributed by atoms with van der Waals surface area (Å²) in [6.45, 7) is 2.76. The number of nitrogens with zero attached hydrogens (tertiary/aromatic N) is 1. The SMILES string of the molecule is Cc1cc(S(=O)(=O)N2CCCC3C(=O)NCC32)ccc1Br. The number of sulfonamides is 1. The molecule has 1 aromatic carbocycles. The van der Waals surface area contributed by atoms with Crippen LogP contribution in [0.3, 0.4) is 0 Å². The first-order valence-corrected chi connectivity index (χ1v) is 9.20. The maximum Gasteiger partial charge on any atom is 0.243 e. The van der Waals surface area contributed by atoms with Crippen molar-refractivity contribution in [2.24, 2.45) is 5.92 Å². The third kappa shape index (κ3) is 2.51. The highest BCUT2D eigenvalue weighted by atomic mass is 79.9. The van der Waals surface area contributed by atoms with Gasteiger partial charge in [-0.2, -0.15) is 4.31 Å². The fourth-order valence-corrected chi connectivity index (χ4v) is 5.15. The van der Waals surface area contributed by atoms with Crippen LogP contribution in [0, 0.1) is 12.8 Å². The van der Waals surface area contributed by atoms with Crippen molar-refractivity contribution in [1.82, 2.24) is 9.62 Å². The molecule has 1 amide bonds. The van der Waals surface area contributed by atoms with Crippen molar-refractivity contribution in [3.8, 4) is 0 Å². The van der Waals surface area contributed by atoms with E-state index in [2.05, 4.69) is 21.2 Å². The second-order valence-electron chi connectivity index (χ2n) is 5.59. The molecule has 2 aliphatic rings. The summed E-state index contributed by atoms with van der Waals surface area (Å²) in [4.78, 5) is 12.1. The van der Waals surface area contributed by atoms with Gasteiger partial charge in [-0.1, -0.05) is 15.9 Å². The van der Waals surface area contributed by atoms with Crippen molar-refractivity contribution in [2.75, 3.05) is 13.1 Å². The molecule has 1 N–H and O–H groups in total. The molecule has 114 valence electrons. The first-order chi connectivity index (χ1) is 9.91. The topological polar surface area (TPSA) is 66.5 Å². The minimum atomic E-state index is -3.56. The van der Waals surface area contributed by atoms with Crippen LogP contribution in [0.4, 0.5) is 0 Å². The van der Waals surface area contributed by atoms with Crippen LogP contribution >= 0.6 is 15.9 Å². The smallest absolute Gasteiger partial charge is 0.243 e. The number of rotatable bonds is 2. The number of carbonyl (C=O) groups excluding carboxylic acids is 1. The number of fused-ring (bicyclic) bond motifs is 1. The molecule has 1 aromatic rings. The Balaban J connectivity index is 1.97. The summed E-state index contributed by atoms with van der Waals surface area (Å²) < 4.78 is 28.1. The molecule has 2 aliphatic heterocycles. The summed E-state index contributed by atoms with van der Waals surface area (Å²) in [5, 5.41) is 2.78. The fourth-order valence-electron chi connectivity index (χ4n) is 3.12. The zero-order valence-electron chi connectivity index (χ0n) is 11.7. The minimum Gasteiger partial charge on any atom is -0.354 e. The molecule has 2 saturated heterocycles. The third-order valence-electron chi connectivity index (χ3n) is 4.29. The fraction of sp³-hybridized carbons (Fsp3) is 0.500. The Labute approximate surface area is 132 Å². The van der Waals surface area contributed by atoms with Gasteiger partial charge < -0.3 is 5.32 Å². The highest BCUT2D eigenvalue weighted by Crippen LogP contribution is 2.32. The molecule has 2 heterocycles. The van der Waals surface area contributed by atoms with Gasteiger partial charge in [-0.3, -0.25) is 4.79 Å². The monoisotopic (exact) mass is 372 g/mol. The van der Waals surface area contributed by atoms with Crippen molar-refractivity contribution in [3.63, 3.8) is 0 Å². The largest absolute Gasteiger partial charge is 0.354 e. The van der Waals surface area contributed by atoms with E-state index in [4.69, 9.17) is 0 Å². The lowest BCUT2D eigenvalue weighted by Crippen LogP contribution is -2.48. The van der Waals surface area contributed by atoms with Crippen LogP contribution in [0.15, 0.2) is 27.6 Å². The highest BCUT2D eigenvalue weighted by molar-refractivity contribution is 9.10. The lowest BCUT2D eigenvalue weighted by Gasteiger charge is -2.34. The Morgan fingerprint density at radius 2 is 2.14 bits per heavy atom. The molecule has 2 unspecified atom stereocenters. The molecule has 0 radical (unpaired) electrons. The van der Waals surface area contributed by atoms with Crippen LogP contribution in [0.1, 0.15) is 18.4 Å². The van der Waals surface area contributed by atoms with Gasteiger partial charge in [0.25, 0.3) is 0 Å². The summed E-state index contributed by atoms with van der Waals surface area (Å²) in [7, 11) is -3.56. The number of carbonyl (C=O) groups is 1. The van der Waals surface area contributed by atoms with Crippen molar-refractivity contribution in [3.05, 3.63) is 28.2 Å². The van der Waals surface area contributed by atoms with Gasteiger partial charge in [0, 0.05) is 17.6 Å². The molecule has 21 heavy (non-hydrogen) atoms. The standard InChI is InChI=1S/C14H17BrN2O3S/c1-9-7-10(4-5-12(9)15)21(19,20)17-6-2-3-11-13(17)8-16-14(11)18/h4-5,7,11,13H,2-3,6,8H2,1H3,(H,16,18). The zero-order valence-corrected chi connectivity index (χ0v) is 14.1. The lowest BCUT2D eigenvalue weighted by molar-refractivity contribution is -0.123. The first-order valence-electron chi connectivity index (χ1n) is 6.97. The molecule has 0 bridgehead atoms. The average Bonchev–Trinajstić information content (AvgIpc) is 2.83. The quantitative estimate of drug-likeness (QED) is 0.858. The second-order valence-corrected chi connectivity index (χ2v) is 8.33. The van der Waals surface area contributed by atoms with E-state index in [0.717, 1.165) is 22.9 Å². The number of amides is 1. The van der Waals surface area contributed by atoms with E-state index in [1.165, 1.54) is 4.31 Å². The molecule has 2 atom stereocenters. The molecule has 0 aliphatic carbocycles. The van der Waals surface area contributed by atoms with E-state index in [0.29, 0.717) is 18.0 Å². The van der Waals surface area contributed by atoms with Gasteiger partial charge in [-0.25, -0.2) is 8.42 Å². The number of hydrogen-bond acceptors (Lipinski definition) is 3. The average molecular weight is 373 g/mol. The maximum absolute atomic E-state index is 12.9. The Kier molecular flexibility index (Phi) is 3.83. The molecule has 0 saturated carbocycles. The molecule has 0 spiro atoms. The Hall–Kier alpha value is -0.920. The van der Waals surface area contributed by atoms with Gasteiger partial charge in [0.2, 0.25) is 15.9 Å². The molecular formula is C14H17BrN2O3S. The lowest BCUT2D eigenvalue weighted by atomic mass is 9.93. The van der Waals surface area contributed by atoms with Crippen molar-refractivity contribution in [1.29, 1.82) is 0 Å². The summed E-state index contributed by atoms with van der Waals surface area (Å²) in [5.74, 6) is -0.225. The first kappa shape index (κ1) is 15.0. The van der Waals surface area contributed by atoms with Gasteiger partial charge in [-0.15, -0.1) is 0 Å². The highest BCUT2D eigenvalue weighted by Gasteiger charge is 2.45. The number of hydrogen-bond donors (Lipinski definition) is 1. The molecule has 3 rings (SSSR count). The van der Waals surface area contributed by atoms with Gasteiger partial charge in [0.05, 0.1) is 16.9 Å². The van der Waals surface area contributed by atoms with Crippen LogP contribution in [0.5, 0.6) is 0 Å². The number of aryl methyl sites for hydroxylation is 1. The van der Waals surface area contributed by atoms with Gasteiger partial charge in [-0.05, 0) is 43.5 Å². The summed E-state index contributed by atoms with van der Waals surface area (Å²) in [6, 6.07) is 4.79. The van der Waals surface area contributed by atoms with E-state index in [-0.39, 0.29) is 17.9 Å². The summed E-state index contributed by atoms with van der Waals surface area (Å²) in [6.07, 6.45) is 1.49. The predicted molar refractivity (Wildman–Crippen MR) is 82.3 cm³/mol. The molecule has 0 aromatic heterocycles. The van der Waals surface area contributed by atoms with Crippen LogP contribution in [-0.2, 0) is 14.8 Å². The minimum absolute atomic E-state index is 0.0214. The Bertz CT molecular complexity index is 689. The molecular weight excluding hydrogens is 356 g/mol. The van der Waals surface area contributed by atoms with Crippen LogP contribution < -0.4 is 5.32 Å². The van der Waals surface area contributed by atoms with E-state index in [1.54, 1.807) is 18.2 Å². The second kappa shape index (κ2) is 5.37. The summed E-state index contributed by atoms with van der Waals surface area (Å²) >= 11 is 3.38. The van der Waals surface area contributed by atoms with Gasteiger partial charge in [0.1, 0.15) is 0 Å². The van der Waals surface area contributed by atoms with Crippen molar-refractivity contribution in [2.45, 2.75) is 30.7 Å². The predicted octanol–water partition coefficient (Wildman–Crippen LogP) is 1.66. The normalized spacial score (nSPS) is 26.5. The van der Waals surface area contributed by atoms with Crippen LogP contribution in [0.2, 0.25) is 0 Å². The van der Waals surface area contributed by atoms with Crippen molar-refractivity contribution < 1.29 is 13.2 Å². The van der Waals surface area contributed by atoms with Crippen LogP contribution in [-0.4, -0.2) is 37.8 Å². The van der Waals surface area contributed by atoms with Crippen LogP contribution in [0.25, 0.3) is 0 Å². The number of nitrogens with one attached hydrogen (secondary N) is 1. The van der Waals surface area contributed by atoms with Gasteiger partial charge >= 0.3 is 0 Å². The Morgan fingerprint density at radius 3 is 2.86 bits per heavy atom. The summed E-state index contributed by atoms with van der Waals surface area (Å²) in [5.41, 5.74) is 0.880. The number of benzene rings is 1. The molecule has 7 heteroatoms. The number of halogens is 1. The molecule has 5 nitrogen and oxygen atoms in total. The van der Waals surface area contributed by atoms with E-state index >= 15 is 0 Å². The van der Waals surface area contributed by atoms with Crippen molar-refractivity contribution >= 4 is 31.9 Å². The third-order valence-corrected chi connectivity index (χ3v) is 7.10. The number of piperidine rings is 1. The van der Waals surface area contributed by atoms with E-state index < -0.39 is 10.0 Å². The van der Waals surface area contributed by atoms with E-state index in [1.807, 2.05) is 6.92 Å². The molecule has 2 fully saturated rings. The van der Waals surface area contributed by atoms with Gasteiger partial charge in [0.15, 0.2) is 0 Å². The maximum atomic E-state index is 12.9. The van der Waals surface area contributed by atoms with E-state index in [9.17, 15) is 13.2 Å². The zero-order chi connectivity index (χ0) is 15.2. The Morgan fingerprint density at radius 1 is 1.38 bits per heavy atom.